The predicted molar refractivity (Wildman–Crippen MR) is 59.6 cm³/mol. The number of hydrogen-bond acceptors (Lipinski definition) is 3. The third-order valence-electron chi connectivity index (χ3n) is 2.48. The minimum absolute atomic E-state index is 0.0475. The van der Waals surface area contributed by atoms with Gasteiger partial charge in [0.05, 0.1) is 5.04 Å². The van der Waals surface area contributed by atoms with Gasteiger partial charge in [-0.2, -0.15) is 4.99 Å². The van der Waals surface area contributed by atoms with Gasteiger partial charge in [-0.3, -0.25) is 4.79 Å². The highest BCUT2D eigenvalue weighted by Gasteiger charge is 2.37. The lowest BCUT2D eigenvalue weighted by molar-refractivity contribution is -0.118. The molecule has 0 saturated carbocycles. The van der Waals surface area contributed by atoms with Crippen molar-refractivity contribution in [3.8, 4) is 0 Å². The minimum Gasteiger partial charge on any atom is -0.271 e. The van der Waals surface area contributed by atoms with E-state index in [1.807, 2.05) is 6.92 Å². The Morgan fingerprint density at radius 2 is 2.07 bits per heavy atom. The second kappa shape index (κ2) is 3.35. The second-order valence-corrected chi connectivity index (χ2v) is 4.65. The maximum atomic E-state index is 11.7. The lowest BCUT2D eigenvalue weighted by atomic mass is 9.96. The van der Waals surface area contributed by atoms with Gasteiger partial charge in [-0.1, -0.05) is 18.7 Å². The van der Waals surface area contributed by atoms with Crippen LogP contribution in [0.15, 0.2) is 20.5 Å². The summed E-state index contributed by atoms with van der Waals surface area (Å²) in [6.07, 6.45) is 0.906. The first-order valence-electron chi connectivity index (χ1n) is 4.68. The number of nitrogens with zero attached hydrogens (tertiary/aromatic N) is 2. The Morgan fingerprint density at radius 1 is 1.36 bits per heavy atom. The molecule has 0 radical (unpaired) electrons. The van der Waals surface area contributed by atoms with Crippen molar-refractivity contribution in [3.63, 3.8) is 0 Å². The molecule has 2 aliphatic rings. The van der Waals surface area contributed by atoms with Crippen LogP contribution in [0.3, 0.4) is 0 Å². The maximum Gasteiger partial charge on any atom is 0.261 e. The van der Waals surface area contributed by atoms with Crippen LogP contribution in [-0.2, 0) is 4.79 Å². The van der Waals surface area contributed by atoms with E-state index in [0.29, 0.717) is 5.84 Å². The maximum absolute atomic E-state index is 11.7. The van der Waals surface area contributed by atoms with Gasteiger partial charge in [0.15, 0.2) is 0 Å². The van der Waals surface area contributed by atoms with Crippen LogP contribution in [0, 0.1) is 5.92 Å². The smallest absolute Gasteiger partial charge is 0.261 e. The molecule has 74 valence electrons. The molecule has 2 heterocycles. The summed E-state index contributed by atoms with van der Waals surface area (Å²) < 4.78 is 0. The van der Waals surface area contributed by atoms with E-state index in [4.69, 9.17) is 0 Å². The number of amides is 1. The van der Waals surface area contributed by atoms with Crippen molar-refractivity contribution >= 4 is 28.5 Å². The minimum atomic E-state index is -0.159. The molecule has 4 heteroatoms. The Kier molecular flexibility index (Phi) is 2.31. The highest BCUT2D eigenvalue weighted by atomic mass is 32.2. The van der Waals surface area contributed by atoms with Gasteiger partial charge in [-0.05, 0) is 30.7 Å². The van der Waals surface area contributed by atoms with Gasteiger partial charge in [0, 0.05) is 0 Å². The van der Waals surface area contributed by atoms with Crippen molar-refractivity contribution in [2.75, 3.05) is 0 Å². The van der Waals surface area contributed by atoms with E-state index in [2.05, 4.69) is 16.9 Å². The summed E-state index contributed by atoms with van der Waals surface area (Å²) in [5, 5.41) is 0.914. The average Bonchev–Trinajstić information content (AvgIpc) is 2.40. The number of carbonyl (C=O) groups is 1. The zero-order valence-electron chi connectivity index (χ0n) is 8.50. The Labute approximate surface area is 87.4 Å². The van der Waals surface area contributed by atoms with Crippen molar-refractivity contribution in [3.05, 3.63) is 10.5 Å². The summed E-state index contributed by atoms with van der Waals surface area (Å²) >= 11 is 1.62. The number of rotatable bonds is 1. The molecule has 0 fully saturated rings. The number of fused-ring (bicyclic) bond motifs is 1. The van der Waals surface area contributed by atoms with Crippen molar-refractivity contribution < 1.29 is 4.79 Å². The van der Waals surface area contributed by atoms with E-state index in [1.165, 1.54) is 10.5 Å². The third kappa shape index (κ3) is 1.34. The zero-order valence-corrected chi connectivity index (χ0v) is 9.31. The first-order valence-corrected chi connectivity index (χ1v) is 5.50. The van der Waals surface area contributed by atoms with Crippen LogP contribution in [0.5, 0.6) is 0 Å². The fourth-order valence-corrected chi connectivity index (χ4v) is 3.08. The Balaban J connectivity index is 2.43. The molecule has 0 spiro atoms. The topological polar surface area (TPSA) is 41.8 Å². The zero-order chi connectivity index (χ0) is 10.3. The Bertz CT molecular complexity index is 393. The van der Waals surface area contributed by atoms with Gasteiger partial charge >= 0.3 is 0 Å². The van der Waals surface area contributed by atoms with Gasteiger partial charge < -0.3 is 0 Å². The van der Waals surface area contributed by atoms with Gasteiger partial charge in [0.25, 0.3) is 5.91 Å². The monoisotopic (exact) mass is 208 g/mol. The van der Waals surface area contributed by atoms with E-state index in [0.717, 1.165) is 11.5 Å². The predicted octanol–water partition coefficient (Wildman–Crippen LogP) is 2.39. The van der Waals surface area contributed by atoms with Crippen LogP contribution in [0.1, 0.15) is 27.2 Å². The molecule has 1 unspecified atom stereocenters. The number of hydrogen-bond donors (Lipinski definition) is 0. The molecule has 0 saturated heterocycles. The molecular weight excluding hydrogens is 196 g/mol. The molecule has 0 N–H and O–H groups in total. The highest BCUT2D eigenvalue weighted by molar-refractivity contribution is 8.17. The van der Waals surface area contributed by atoms with Crippen LogP contribution >= 0.6 is 11.8 Å². The molecule has 1 amide bonds. The van der Waals surface area contributed by atoms with Crippen LogP contribution in [-0.4, -0.2) is 16.8 Å². The molecule has 14 heavy (non-hydrogen) atoms. The fraction of sp³-hybridized carbons (Fsp3) is 0.500. The summed E-state index contributed by atoms with van der Waals surface area (Å²) in [4.78, 5) is 21.1. The largest absolute Gasteiger partial charge is 0.271 e. The summed E-state index contributed by atoms with van der Waals surface area (Å²) in [6, 6.07) is 0. The molecule has 0 aromatic carbocycles. The van der Waals surface area contributed by atoms with E-state index in [9.17, 15) is 4.79 Å². The molecule has 2 rings (SSSR count). The van der Waals surface area contributed by atoms with Gasteiger partial charge in [0.2, 0.25) is 0 Å². The standard InChI is InChI=1S/C10H12N2OS/c1-4-7-5(2)14-10-8(7)9(13)11-6(3)12-10/h8H,4H2,1-3H3. The van der Waals surface area contributed by atoms with Gasteiger partial charge in [0.1, 0.15) is 11.8 Å². The molecule has 1 atom stereocenters. The lowest BCUT2D eigenvalue weighted by Crippen LogP contribution is -2.24. The number of amidine groups is 1. The summed E-state index contributed by atoms with van der Waals surface area (Å²) in [5.74, 6) is 0.376. The molecule has 0 aromatic heterocycles. The van der Waals surface area contributed by atoms with Crippen LogP contribution in [0.2, 0.25) is 0 Å². The third-order valence-corrected chi connectivity index (χ3v) is 3.58. The van der Waals surface area contributed by atoms with E-state index in [1.54, 1.807) is 18.7 Å². The van der Waals surface area contributed by atoms with Crippen molar-refractivity contribution in [2.45, 2.75) is 27.2 Å². The average molecular weight is 208 g/mol. The lowest BCUT2D eigenvalue weighted by Gasteiger charge is -2.14. The number of thioether (sulfide) groups is 1. The molecule has 0 aliphatic carbocycles. The first kappa shape index (κ1) is 9.65. The Morgan fingerprint density at radius 3 is 2.71 bits per heavy atom. The van der Waals surface area contributed by atoms with Crippen LogP contribution < -0.4 is 0 Å². The SMILES string of the molecule is CCC1=C(C)SC2=NC(C)=NC(=O)C21. The van der Waals surface area contributed by atoms with Crippen LogP contribution in [0.4, 0.5) is 0 Å². The van der Waals surface area contributed by atoms with E-state index in [-0.39, 0.29) is 11.8 Å². The molecule has 0 aromatic rings. The number of allylic oxidation sites excluding steroid dienone is 1. The number of carbonyl (C=O) groups excluding carboxylic acids is 1. The van der Waals surface area contributed by atoms with E-state index >= 15 is 0 Å². The normalized spacial score (nSPS) is 26.2. The molecular formula is C10H12N2OS. The van der Waals surface area contributed by atoms with Gasteiger partial charge in [-0.15, -0.1) is 0 Å². The molecule has 2 aliphatic heterocycles. The summed E-state index contributed by atoms with van der Waals surface area (Å²) in [5.41, 5.74) is 1.19. The van der Waals surface area contributed by atoms with E-state index < -0.39 is 0 Å². The van der Waals surface area contributed by atoms with Crippen molar-refractivity contribution in [1.82, 2.24) is 0 Å². The highest BCUT2D eigenvalue weighted by Crippen LogP contribution is 2.41. The first-order chi connectivity index (χ1) is 6.63. The Hall–Kier alpha value is -0.900. The van der Waals surface area contributed by atoms with Crippen molar-refractivity contribution in [2.24, 2.45) is 15.9 Å². The number of aliphatic imine (C=N–C) groups is 2. The fourth-order valence-electron chi connectivity index (χ4n) is 1.84. The van der Waals surface area contributed by atoms with Gasteiger partial charge in [-0.25, -0.2) is 4.99 Å². The molecule has 3 nitrogen and oxygen atoms in total. The molecule has 0 bridgehead atoms. The summed E-state index contributed by atoms with van der Waals surface area (Å²) in [6.45, 7) is 5.88. The summed E-state index contributed by atoms with van der Waals surface area (Å²) in [7, 11) is 0. The quantitative estimate of drug-likeness (QED) is 0.664. The van der Waals surface area contributed by atoms with Crippen molar-refractivity contribution in [1.29, 1.82) is 0 Å². The van der Waals surface area contributed by atoms with Crippen LogP contribution in [0.25, 0.3) is 0 Å². The second-order valence-electron chi connectivity index (χ2n) is 3.42.